The lowest BCUT2D eigenvalue weighted by molar-refractivity contribution is -0.124. The Kier molecular flexibility index (Phi) is 5.44. The molecule has 2 bridgehead atoms. The first-order valence-electron chi connectivity index (χ1n) is 11.0. The summed E-state index contributed by atoms with van der Waals surface area (Å²) in [6, 6.07) is 4.39. The molecule has 2 heterocycles. The van der Waals surface area contributed by atoms with Gasteiger partial charge in [-0.25, -0.2) is 13.2 Å². The molecule has 9 heteroatoms. The van der Waals surface area contributed by atoms with E-state index in [0.717, 1.165) is 25.5 Å². The molecule has 0 saturated heterocycles. The van der Waals surface area contributed by atoms with Crippen LogP contribution in [0.15, 0.2) is 41.3 Å². The number of amides is 1. The summed E-state index contributed by atoms with van der Waals surface area (Å²) in [5.41, 5.74) is 0.0276. The van der Waals surface area contributed by atoms with E-state index in [0.29, 0.717) is 28.8 Å². The van der Waals surface area contributed by atoms with Gasteiger partial charge in [-0.05, 0) is 62.3 Å². The number of aromatic nitrogens is 2. The Morgan fingerprint density at radius 3 is 2.61 bits per heavy atom. The predicted molar refractivity (Wildman–Crippen MR) is 116 cm³/mol. The van der Waals surface area contributed by atoms with E-state index in [1.54, 1.807) is 0 Å². The number of benzene rings is 1. The molecule has 172 valence electrons. The Morgan fingerprint density at radius 1 is 1.12 bits per heavy atom. The zero-order chi connectivity index (χ0) is 23.3. The Morgan fingerprint density at radius 2 is 1.91 bits per heavy atom. The van der Waals surface area contributed by atoms with Gasteiger partial charge in [-0.3, -0.25) is 19.9 Å². The van der Waals surface area contributed by atoms with Crippen molar-refractivity contribution >= 4 is 16.8 Å². The summed E-state index contributed by atoms with van der Waals surface area (Å²) in [4.78, 5) is 32.7. The highest BCUT2D eigenvalue weighted by Crippen LogP contribution is 2.49. The van der Waals surface area contributed by atoms with E-state index in [-0.39, 0.29) is 17.3 Å². The van der Waals surface area contributed by atoms with Crippen LogP contribution >= 0.6 is 0 Å². The number of nitrogens with one attached hydrogen (secondary N) is 3. The number of halogens is 3. The fourth-order valence-corrected chi connectivity index (χ4v) is 5.10. The van der Waals surface area contributed by atoms with Crippen LogP contribution in [0.25, 0.3) is 10.9 Å². The van der Waals surface area contributed by atoms with Crippen LogP contribution in [-0.2, 0) is 4.79 Å². The first kappa shape index (κ1) is 21.6. The van der Waals surface area contributed by atoms with Crippen molar-refractivity contribution in [2.75, 3.05) is 0 Å². The first-order valence-corrected chi connectivity index (χ1v) is 11.0. The number of aromatic amines is 1. The van der Waals surface area contributed by atoms with Gasteiger partial charge in [-0.15, -0.1) is 0 Å². The lowest BCUT2D eigenvalue weighted by Crippen LogP contribution is -2.45. The molecule has 6 nitrogen and oxygen atoms in total. The van der Waals surface area contributed by atoms with Crippen LogP contribution in [0.3, 0.4) is 0 Å². The van der Waals surface area contributed by atoms with Crippen molar-refractivity contribution in [2.45, 2.75) is 44.3 Å². The number of hydrogen-bond donors (Lipinski definition) is 3. The number of pyridine rings is 2. The number of hydrogen-bond acceptors (Lipinski definition) is 4. The maximum Gasteiger partial charge on any atom is 0.253 e. The molecule has 0 radical (unpaired) electrons. The smallest absolute Gasteiger partial charge is 0.253 e. The molecule has 0 aliphatic heterocycles. The van der Waals surface area contributed by atoms with Crippen molar-refractivity contribution < 1.29 is 18.0 Å². The summed E-state index contributed by atoms with van der Waals surface area (Å²) < 4.78 is 41.2. The second kappa shape index (κ2) is 8.30. The summed E-state index contributed by atoms with van der Waals surface area (Å²) in [6.07, 6.45) is 3.97. The summed E-state index contributed by atoms with van der Waals surface area (Å²) >= 11 is 0. The maximum absolute atomic E-state index is 14.2. The average Bonchev–Trinajstić information content (AvgIpc) is 3.31. The van der Waals surface area contributed by atoms with Gasteiger partial charge in [0.1, 0.15) is 23.5 Å². The van der Waals surface area contributed by atoms with E-state index in [4.69, 9.17) is 0 Å². The molecule has 1 amide bonds. The summed E-state index contributed by atoms with van der Waals surface area (Å²) in [7, 11) is 0. The predicted octanol–water partition coefficient (Wildman–Crippen LogP) is 3.65. The van der Waals surface area contributed by atoms with E-state index in [1.807, 2.05) is 0 Å². The highest BCUT2D eigenvalue weighted by molar-refractivity contribution is 5.86. The fourth-order valence-electron chi connectivity index (χ4n) is 5.10. The van der Waals surface area contributed by atoms with Crippen molar-refractivity contribution in [3.63, 3.8) is 0 Å². The van der Waals surface area contributed by atoms with Crippen LogP contribution in [0, 0.1) is 29.3 Å². The normalized spacial score (nSPS) is 23.2. The molecule has 2 aromatic heterocycles. The summed E-state index contributed by atoms with van der Waals surface area (Å²) in [5.74, 6) is -1.63. The highest BCUT2D eigenvalue weighted by atomic mass is 19.1. The molecule has 3 aliphatic carbocycles. The third kappa shape index (κ3) is 4.13. The lowest BCUT2D eigenvalue weighted by Gasteiger charge is -2.28. The molecule has 3 atom stereocenters. The Balaban J connectivity index is 1.47. The molecule has 3 aliphatic rings. The van der Waals surface area contributed by atoms with E-state index in [2.05, 4.69) is 20.6 Å². The molecule has 33 heavy (non-hydrogen) atoms. The number of rotatable bonds is 6. The van der Waals surface area contributed by atoms with Gasteiger partial charge in [0.25, 0.3) is 5.56 Å². The van der Waals surface area contributed by atoms with Gasteiger partial charge in [-0.1, -0.05) is 0 Å². The van der Waals surface area contributed by atoms with Gasteiger partial charge in [-0.2, -0.15) is 0 Å². The van der Waals surface area contributed by atoms with Crippen molar-refractivity contribution in [2.24, 2.45) is 11.8 Å². The van der Waals surface area contributed by atoms with Gasteiger partial charge < -0.3 is 10.3 Å². The van der Waals surface area contributed by atoms with Gasteiger partial charge in [0.05, 0.1) is 17.9 Å². The Hall–Kier alpha value is -3.20. The Labute approximate surface area is 187 Å². The minimum atomic E-state index is -1.03. The largest absolute Gasteiger partial charge is 0.346 e. The zero-order valence-corrected chi connectivity index (χ0v) is 17.9. The molecule has 3 saturated carbocycles. The second-order valence-electron chi connectivity index (χ2n) is 9.08. The lowest BCUT2D eigenvalue weighted by atomic mass is 9.84. The van der Waals surface area contributed by atoms with Crippen molar-refractivity contribution in [3.05, 3.63) is 75.6 Å². The molecule has 0 unspecified atom stereocenters. The summed E-state index contributed by atoms with van der Waals surface area (Å²) in [5, 5.41) is 6.47. The van der Waals surface area contributed by atoms with Crippen LogP contribution in [0.4, 0.5) is 13.2 Å². The number of nitrogens with zero attached hydrogens (tertiary/aromatic N) is 1. The van der Waals surface area contributed by atoms with Crippen LogP contribution < -0.4 is 16.2 Å². The monoisotopic (exact) mass is 456 g/mol. The molecule has 0 spiro atoms. The number of fused-ring (bicyclic) bond motifs is 2. The molecular formula is C24H23F3N4O2. The highest BCUT2D eigenvalue weighted by Gasteiger charge is 2.45. The van der Waals surface area contributed by atoms with Crippen molar-refractivity contribution in [1.82, 2.24) is 20.6 Å². The minimum Gasteiger partial charge on any atom is -0.346 e. The zero-order valence-electron chi connectivity index (χ0n) is 17.9. The van der Waals surface area contributed by atoms with Crippen molar-refractivity contribution in [3.8, 4) is 0 Å². The molecule has 3 fully saturated rings. The summed E-state index contributed by atoms with van der Waals surface area (Å²) in [6.45, 7) is 1.53. The van der Waals surface area contributed by atoms with Crippen LogP contribution in [0.1, 0.15) is 49.5 Å². The second-order valence-corrected chi connectivity index (χ2v) is 9.08. The fraction of sp³-hybridized carbons (Fsp3) is 0.375. The molecule has 1 aromatic carbocycles. The molecular weight excluding hydrogens is 433 g/mol. The first-order chi connectivity index (χ1) is 15.8. The minimum absolute atomic E-state index is 0.0735. The van der Waals surface area contributed by atoms with Crippen LogP contribution in [0.2, 0.25) is 0 Å². The topological polar surface area (TPSA) is 86.9 Å². The van der Waals surface area contributed by atoms with Crippen LogP contribution in [0.5, 0.6) is 0 Å². The third-order valence-corrected chi connectivity index (χ3v) is 6.82. The number of carbonyl (C=O) groups excluding carboxylic acids is 1. The average molecular weight is 456 g/mol. The molecule has 6 rings (SSSR count). The van der Waals surface area contributed by atoms with E-state index in [9.17, 15) is 22.8 Å². The van der Waals surface area contributed by atoms with E-state index in [1.165, 1.54) is 31.2 Å². The number of carbonyl (C=O) groups is 1. The van der Waals surface area contributed by atoms with Gasteiger partial charge in [0.2, 0.25) is 5.91 Å². The molecule has 3 aromatic rings. The van der Waals surface area contributed by atoms with Crippen LogP contribution in [-0.4, -0.2) is 21.9 Å². The number of H-pyrrole nitrogens is 1. The van der Waals surface area contributed by atoms with Gasteiger partial charge in [0.15, 0.2) is 0 Å². The Bertz CT molecular complexity index is 1290. The van der Waals surface area contributed by atoms with Gasteiger partial charge >= 0.3 is 0 Å². The van der Waals surface area contributed by atoms with E-state index < -0.39 is 41.0 Å². The quantitative estimate of drug-likeness (QED) is 0.529. The standard InChI is InChI=1S/C24H23F3N4O2/c1-11(21-18(27)9-16(26)10-28-21)29-24(33)22(30-20-6-12-4-13(20)5-12)17-8-14-7-15(25)2-3-19(14)31-23(17)32/h2-3,7-13,20,22,30H,4-6H2,1H3,(H,29,33)(H,31,32)/t11-,12?,13?,20+,22+/m1/s1. The van der Waals surface area contributed by atoms with Gasteiger partial charge in [0, 0.05) is 28.6 Å². The third-order valence-electron chi connectivity index (χ3n) is 6.82. The van der Waals surface area contributed by atoms with Crippen molar-refractivity contribution in [1.29, 1.82) is 0 Å². The maximum atomic E-state index is 14.2. The molecule has 3 N–H and O–H groups in total. The SMILES string of the molecule is C[C@@H](NC(=O)[C@@H](N[C@H]1CC2CC1C2)c1cc2cc(F)ccc2[nH]c1=O)c1ncc(F)cc1F. The van der Waals surface area contributed by atoms with E-state index >= 15 is 0 Å².